The van der Waals surface area contributed by atoms with Gasteiger partial charge in [-0.05, 0) is 42.0 Å². The molecule has 0 aliphatic heterocycles. The number of aromatic nitrogens is 1. The van der Waals surface area contributed by atoms with Crippen molar-refractivity contribution in [2.24, 2.45) is 0 Å². The summed E-state index contributed by atoms with van der Waals surface area (Å²) in [5, 5.41) is 14.5. The molecule has 0 aliphatic carbocycles. The quantitative estimate of drug-likeness (QED) is 0.488. The first-order valence-electron chi connectivity index (χ1n) is 8.40. The van der Waals surface area contributed by atoms with Crippen molar-refractivity contribution >= 4 is 34.6 Å². The van der Waals surface area contributed by atoms with Crippen molar-refractivity contribution in [2.45, 2.75) is 6.54 Å². The van der Waals surface area contributed by atoms with E-state index < -0.39 is 4.92 Å². The van der Waals surface area contributed by atoms with Crippen LogP contribution in [0, 0.1) is 10.1 Å². The summed E-state index contributed by atoms with van der Waals surface area (Å²) in [6.45, 7) is 0.394. The van der Waals surface area contributed by atoms with Gasteiger partial charge in [-0.1, -0.05) is 23.7 Å². The third-order valence-electron chi connectivity index (χ3n) is 4.19. The Kier molecular flexibility index (Phi) is 5.86. The Labute approximate surface area is 166 Å². The Morgan fingerprint density at radius 2 is 1.82 bits per heavy atom. The molecule has 0 unspecified atom stereocenters. The van der Waals surface area contributed by atoms with Gasteiger partial charge in [0.25, 0.3) is 11.6 Å². The number of nitro benzene ring substituents is 1. The number of nitro groups is 1. The molecule has 3 rings (SSSR count). The topological polar surface area (TPSA) is 88.4 Å². The van der Waals surface area contributed by atoms with E-state index in [0.717, 1.165) is 11.3 Å². The fourth-order valence-corrected chi connectivity index (χ4v) is 2.81. The second-order valence-corrected chi connectivity index (χ2v) is 6.48. The number of nitrogens with one attached hydrogen (secondary N) is 1. The van der Waals surface area contributed by atoms with E-state index >= 15 is 0 Å². The van der Waals surface area contributed by atoms with E-state index in [-0.39, 0.29) is 11.6 Å². The van der Waals surface area contributed by atoms with Gasteiger partial charge in [0.15, 0.2) is 0 Å². The summed E-state index contributed by atoms with van der Waals surface area (Å²) in [6, 6.07) is 15.2. The highest BCUT2D eigenvalue weighted by atomic mass is 35.5. The first-order valence-corrected chi connectivity index (χ1v) is 8.78. The van der Waals surface area contributed by atoms with E-state index in [1.807, 2.05) is 24.3 Å². The summed E-state index contributed by atoms with van der Waals surface area (Å²) in [4.78, 5) is 28.6. The van der Waals surface area contributed by atoms with Gasteiger partial charge in [-0.2, -0.15) is 0 Å². The Hall–Kier alpha value is -3.45. The molecule has 8 heteroatoms. The highest BCUT2D eigenvalue weighted by Crippen LogP contribution is 2.28. The number of carbonyl (C=O) groups excluding carboxylic acids is 1. The maximum atomic E-state index is 12.5. The van der Waals surface area contributed by atoms with Gasteiger partial charge in [-0.3, -0.25) is 19.9 Å². The third kappa shape index (κ3) is 4.44. The lowest BCUT2D eigenvalue weighted by Crippen LogP contribution is -2.26. The van der Waals surface area contributed by atoms with Crippen LogP contribution in [0.5, 0.6) is 0 Å². The highest BCUT2D eigenvalue weighted by molar-refractivity contribution is 6.30. The monoisotopic (exact) mass is 396 g/mol. The second-order valence-electron chi connectivity index (χ2n) is 6.04. The third-order valence-corrected chi connectivity index (χ3v) is 4.43. The van der Waals surface area contributed by atoms with Crippen molar-refractivity contribution in [3.8, 4) is 0 Å². The maximum Gasteiger partial charge on any atom is 0.293 e. The molecule has 1 aromatic heterocycles. The van der Waals surface area contributed by atoms with Crippen LogP contribution in [-0.4, -0.2) is 22.9 Å². The molecule has 7 nitrogen and oxygen atoms in total. The van der Waals surface area contributed by atoms with Crippen LogP contribution in [0.4, 0.5) is 17.1 Å². The minimum Gasteiger partial charge on any atom is -0.375 e. The number of anilines is 2. The summed E-state index contributed by atoms with van der Waals surface area (Å²) < 4.78 is 0. The largest absolute Gasteiger partial charge is 0.375 e. The highest BCUT2D eigenvalue weighted by Gasteiger charge is 2.15. The number of rotatable bonds is 6. The molecule has 0 fully saturated rings. The van der Waals surface area contributed by atoms with Crippen molar-refractivity contribution < 1.29 is 9.72 Å². The Morgan fingerprint density at radius 3 is 2.46 bits per heavy atom. The van der Waals surface area contributed by atoms with Gasteiger partial charge in [0, 0.05) is 48.3 Å². The Bertz CT molecular complexity index is 994. The Balaban J connectivity index is 1.68. The van der Waals surface area contributed by atoms with Gasteiger partial charge in [-0.15, -0.1) is 0 Å². The van der Waals surface area contributed by atoms with Crippen molar-refractivity contribution in [2.75, 3.05) is 17.3 Å². The zero-order valence-corrected chi connectivity index (χ0v) is 15.8. The van der Waals surface area contributed by atoms with Crippen LogP contribution in [0.2, 0.25) is 5.02 Å². The van der Waals surface area contributed by atoms with Gasteiger partial charge in [0.1, 0.15) is 5.69 Å². The molecule has 1 N–H and O–H groups in total. The fourth-order valence-electron chi connectivity index (χ4n) is 2.65. The number of halogens is 1. The molecule has 0 spiro atoms. The standard InChI is InChI=1S/C20H17ClN4O3/c1-24(20(26)15-8-10-22-11-9-15)17-5-2-14(3-6-17)13-23-18-7-4-16(21)12-19(18)25(27)28/h2-12,23H,13H2,1H3. The summed E-state index contributed by atoms with van der Waals surface area (Å²) in [6.07, 6.45) is 3.15. The van der Waals surface area contributed by atoms with Gasteiger partial charge in [0.2, 0.25) is 0 Å². The average molecular weight is 397 g/mol. The molecule has 0 bridgehead atoms. The molecule has 142 valence electrons. The maximum absolute atomic E-state index is 12.5. The summed E-state index contributed by atoms with van der Waals surface area (Å²) in [5.41, 5.74) is 2.52. The predicted molar refractivity (Wildman–Crippen MR) is 109 cm³/mol. The molecule has 1 heterocycles. The van der Waals surface area contributed by atoms with Crippen molar-refractivity contribution in [3.05, 3.63) is 93.3 Å². The normalized spacial score (nSPS) is 10.4. The number of pyridine rings is 1. The van der Waals surface area contributed by atoms with E-state index in [2.05, 4.69) is 10.3 Å². The summed E-state index contributed by atoms with van der Waals surface area (Å²) >= 11 is 5.83. The number of benzene rings is 2. The molecule has 0 saturated heterocycles. The molecule has 28 heavy (non-hydrogen) atoms. The van der Waals surface area contributed by atoms with E-state index in [9.17, 15) is 14.9 Å². The zero-order valence-electron chi connectivity index (χ0n) is 15.0. The average Bonchev–Trinajstić information content (AvgIpc) is 2.72. The molecule has 0 atom stereocenters. The molecule has 2 aromatic carbocycles. The van der Waals surface area contributed by atoms with E-state index in [1.165, 1.54) is 6.07 Å². The van der Waals surface area contributed by atoms with Gasteiger partial charge in [-0.25, -0.2) is 0 Å². The molecule has 0 saturated carbocycles. The van der Waals surface area contributed by atoms with Crippen LogP contribution < -0.4 is 10.2 Å². The van der Waals surface area contributed by atoms with Crippen LogP contribution in [0.1, 0.15) is 15.9 Å². The molecule has 1 amide bonds. The van der Waals surface area contributed by atoms with E-state index in [4.69, 9.17) is 11.6 Å². The molecule has 0 aliphatic rings. The minimum absolute atomic E-state index is 0.0770. The number of hydrogen-bond donors (Lipinski definition) is 1. The van der Waals surface area contributed by atoms with Gasteiger partial charge >= 0.3 is 0 Å². The summed E-state index contributed by atoms with van der Waals surface area (Å²) in [7, 11) is 1.70. The second kappa shape index (κ2) is 8.49. The molecule has 3 aromatic rings. The number of amides is 1. The Morgan fingerprint density at radius 1 is 1.14 bits per heavy atom. The van der Waals surface area contributed by atoms with Gasteiger partial charge in [0.05, 0.1) is 4.92 Å². The van der Waals surface area contributed by atoms with Gasteiger partial charge < -0.3 is 10.2 Å². The van der Waals surface area contributed by atoms with E-state index in [0.29, 0.717) is 22.8 Å². The molecular weight excluding hydrogens is 380 g/mol. The van der Waals surface area contributed by atoms with Crippen molar-refractivity contribution in [3.63, 3.8) is 0 Å². The molecular formula is C20H17ClN4O3. The minimum atomic E-state index is -0.475. The summed E-state index contributed by atoms with van der Waals surface area (Å²) in [5.74, 6) is -0.134. The van der Waals surface area contributed by atoms with Crippen LogP contribution in [0.3, 0.4) is 0 Å². The van der Waals surface area contributed by atoms with Crippen LogP contribution in [0.15, 0.2) is 67.0 Å². The molecule has 0 radical (unpaired) electrons. The van der Waals surface area contributed by atoms with Crippen molar-refractivity contribution in [1.29, 1.82) is 0 Å². The van der Waals surface area contributed by atoms with E-state index in [1.54, 1.807) is 48.6 Å². The first-order chi connectivity index (χ1) is 13.5. The lowest BCUT2D eigenvalue weighted by atomic mass is 10.1. The predicted octanol–water partition coefficient (Wildman–Crippen LogP) is 4.53. The van der Waals surface area contributed by atoms with Crippen LogP contribution in [0.25, 0.3) is 0 Å². The van der Waals surface area contributed by atoms with Crippen LogP contribution >= 0.6 is 11.6 Å². The SMILES string of the molecule is CN(C(=O)c1ccncc1)c1ccc(CNc2ccc(Cl)cc2[N+](=O)[O-])cc1. The smallest absolute Gasteiger partial charge is 0.293 e. The number of hydrogen-bond acceptors (Lipinski definition) is 5. The zero-order chi connectivity index (χ0) is 20.1. The number of carbonyl (C=O) groups is 1. The first kappa shape index (κ1) is 19.3. The van der Waals surface area contributed by atoms with Crippen LogP contribution in [-0.2, 0) is 6.54 Å². The van der Waals surface area contributed by atoms with Crippen molar-refractivity contribution in [1.82, 2.24) is 4.98 Å². The lowest BCUT2D eigenvalue weighted by molar-refractivity contribution is -0.383. The fraction of sp³-hybridized carbons (Fsp3) is 0.100. The number of nitrogens with zero attached hydrogens (tertiary/aromatic N) is 3. The lowest BCUT2D eigenvalue weighted by Gasteiger charge is -2.18.